The molecule has 170 valence electrons. The molecule has 10 heteroatoms. The second-order valence-electron chi connectivity index (χ2n) is 7.53. The van der Waals surface area contributed by atoms with Gasteiger partial charge in [-0.15, -0.1) is 5.10 Å². The summed E-state index contributed by atoms with van der Waals surface area (Å²) in [7, 11) is 0. The number of anilines is 1. The van der Waals surface area contributed by atoms with E-state index >= 15 is 0 Å². The molecule has 1 aliphatic heterocycles. The lowest BCUT2D eigenvalue weighted by Gasteiger charge is -2.34. The summed E-state index contributed by atoms with van der Waals surface area (Å²) in [5, 5.41) is 10.6. The summed E-state index contributed by atoms with van der Waals surface area (Å²) in [5.41, 5.74) is 1.78. The van der Waals surface area contributed by atoms with Gasteiger partial charge in [-0.3, -0.25) is 4.79 Å². The predicted octanol–water partition coefficient (Wildman–Crippen LogP) is 1.86. The van der Waals surface area contributed by atoms with Crippen LogP contribution in [0.15, 0.2) is 66.9 Å². The number of benzene rings is 2. The number of amides is 3. The molecule has 10 nitrogen and oxygen atoms in total. The maximum atomic E-state index is 12.4. The summed E-state index contributed by atoms with van der Waals surface area (Å²) in [6.07, 6.45) is 1.49. The van der Waals surface area contributed by atoms with Gasteiger partial charge in [-0.25, -0.2) is 14.3 Å². The molecule has 2 heterocycles. The van der Waals surface area contributed by atoms with Crippen molar-refractivity contribution in [2.75, 3.05) is 38.1 Å². The van der Waals surface area contributed by atoms with Crippen LogP contribution >= 0.6 is 0 Å². The van der Waals surface area contributed by atoms with Crippen molar-refractivity contribution in [3.8, 4) is 0 Å². The molecule has 2 aromatic carbocycles. The highest BCUT2D eigenvalue weighted by Gasteiger charge is 2.25. The smallest absolute Gasteiger partial charge is 0.361 e. The van der Waals surface area contributed by atoms with E-state index in [1.807, 2.05) is 60.7 Å². The van der Waals surface area contributed by atoms with Crippen LogP contribution < -0.4 is 5.32 Å². The van der Waals surface area contributed by atoms with Crippen molar-refractivity contribution in [3.63, 3.8) is 0 Å². The van der Waals surface area contributed by atoms with Crippen LogP contribution in [-0.4, -0.2) is 75.5 Å². The molecule has 0 unspecified atom stereocenters. The van der Waals surface area contributed by atoms with Gasteiger partial charge < -0.3 is 19.9 Å². The summed E-state index contributed by atoms with van der Waals surface area (Å²) in [6.45, 7) is 1.61. The molecule has 1 N–H and O–H groups in total. The van der Waals surface area contributed by atoms with E-state index in [0.29, 0.717) is 38.4 Å². The average molecular weight is 448 g/mol. The number of esters is 1. The van der Waals surface area contributed by atoms with Crippen molar-refractivity contribution < 1.29 is 19.1 Å². The van der Waals surface area contributed by atoms with Gasteiger partial charge in [-0.2, -0.15) is 0 Å². The van der Waals surface area contributed by atoms with Gasteiger partial charge in [0.15, 0.2) is 12.3 Å². The third-order valence-electron chi connectivity index (χ3n) is 5.21. The zero-order valence-corrected chi connectivity index (χ0v) is 18.0. The first-order chi connectivity index (χ1) is 16.1. The molecule has 1 aliphatic rings. The number of urea groups is 1. The molecule has 0 bridgehead atoms. The van der Waals surface area contributed by atoms with Gasteiger partial charge in [0, 0.05) is 31.9 Å². The first-order valence-corrected chi connectivity index (χ1v) is 10.6. The van der Waals surface area contributed by atoms with E-state index in [2.05, 4.69) is 15.6 Å². The van der Waals surface area contributed by atoms with Crippen LogP contribution in [0.3, 0.4) is 0 Å². The van der Waals surface area contributed by atoms with Crippen molar-refractivity contribution in [2.45, 2.75) is 6.54 Å². The van der Waals surface area contributed by atoms with E-state index in [9.17, 15) is 14.4 Å². The van der Waals surface area contributed by atoms with Gasteiger partial charge in [0.2, 0.25) is 0 Å². The van der Waals surface area contributed by atoms with E-state index in [0.717, 1.165) is 5.56 Å². The second-order valence-corrected chi connectivity index (χ2v) is 7.53. The van der Waals surface area contributed by atoms with Crippen molar-refractivity contribution in [3.05, 3.63) is 78.1 Å². The van der Waals surface area contributed by atoms with Crippen molar-refractivity contribution >= 4 is 23.6 Å². The van der Waals surface area contributed by atoms with Gasteiger partial charge in [0.1, 0.15) is 0 Å². The fourth-order valence-corrected chi connectivity index (χ4v) is 3.42. The molecular weight excluding hydrogens is 424 g/mol. The number of rotatable bonds is 6. The first kappa shape index (κ1) is 22.0. The number of piperazine rings is 1. The Bertz CT molecular complexity index is 1090. The van der Waals surface area contributed by atoms with E-state index < -0.39 is 5.97 Å². The van der Waals surface area contributed by atoms with E-state index in [-0.39, 0.29) is 24.2 Å². The highest BCUT2D eigenvalue weighted by atomic mass is 16.5. The predicted molar refractivity (Wildman–Crippen MR) is 119 cm³/mol. The topological polar surface area (TPSA) is 110 Å². The zero-order chi connectivity index (χ0) is 23.0. The minimum atomic E-state index is -0.705. The minimum Gasteiger partial charge on any atom is -0.451 e. The maximum Gasteiger partial charge on any atom is 0.361 e. The summed E-state index contributed by atoms with van der Waals surface area (Å²) in [4.78, 5) is 40.3. The highest BCUT2D eigenvalue weighted by Crippen LogP contribution is 2.09. The fourth-order valence-electron chi connectivity index (χ4n) is 3.42. The second kappa shape index (κ2) is 10.4. The Labute approximate surface area is 190 Å². The van der Waals surface area contributed by atoms with Gasteiger partial charge in [0.05, 0.1) is 12.7 Å². The van der Waals surface area contributed by atoms with Crippen LogP contribution in [-0.2, 0) is 16.1 Å². The van der Waals surface area contributed by atoms with Crippen molar-refractivity contribution in [2.24, 2.45) is 0 Å². The summed E-state index contributed by atoms with van der Waals surface area (Å²) < 4.78 is 6.66. The van der Waals surface area contributed by atoms with Crippen LogP contribution in [0.4, 0.5) is 10.5 Å². The number of hydrogen-bond donors (Lipinski definition) is 1. The zero-order valence-electron chi connectivity index (χ0n) is 18.0. The lowest BCUT2D eigenvalue weighted by atomic mass is 10.2. The SMILES string of the molecule is O=C(OCC(=O)N1CCN(C(=O)Nc2ccccc2)CC1)c1cn(Cc2ccccc2)nn1. The Morgan fingerprint density at radius 1 is 0.879 bits per heavy atom. The van der Waals surface area contributed by atoms with E-state index in [1.54, 1.807) is 9.80 Å². The van der Waals surface area contributed by atoms with Crippen molar-refractivity contribution in [1.82, 2.24) is 24.8 Å². The number of para-hydroxylation sites is 1. The number of carbonyl (C=O) groups excluding carboxylic acids is 3. The lowest BCUT2D eigenvalue weighted by molar-refractivity contribution is -0.135. The van der Waals surface area contributed by atoms with Gasteiger partial charge in [-0.1, -0.05) is 53.7 Å². The van der Waals surface area contributed by atoms with Crippen molar-refractivity contribution in [1.29, 1.82) is 0 Å². The Morgan fingerprint density at radius 3 is 2.21 bits per heavy atom. The van der Waals surface area contributed by atoms with Crippen LogP contribution in [0.5, 0.6) is 0 Å². The molecule has 0 atom stereocenters. The fraction of sp³-hybridized carbons (Fsp3) is 0.261. The van der Waals surface area contributed by atoms with E-state index in [1.165, 1.54) is 10.9 Å². The van der Waals surface area contributed by atoms with Crippen LogP contribution in [0, 0.1) is 0 Å². The van der Waals surface area contributed by atoms with E-state index in [4.69, 9.17) is 4.74 Å². The number of aromatic nitrogens is 3. The molecule has 4 rings (SSSR count). The van der Waals surface area contributed by atoms with Crippen LogP contribution in [0.25, 0.3) is 0 Å². The summed E-state index contributed by atoms with van der Waals surface area (Å²) in [5.74, 6) is -1.02. The maximum absolute atomic E-state index is 12.4. The quantitative estimate of drug-likeness (QED) is 0.577. The minimum absolute atomic E-state index is 0.0427. The third kappa shape index (κ3) is 5.94. The molecule has 1 aromatic heterocycles. The first-order valence-electron chi connectivity index (χ1n) is 10.6. The number of carbonyl (C=O) groups is 3. The Balaban J connectivity index is 1.20. The Hall–Kier alpha value is -4.21. The number of nitrogens with one attached hydrogen (secondary N) is 1. The molecule has 0 spiro atoms. The molecule has 0 aliphatic carbocycles. The molecule has 3 amide bonds. The molecule has 33 heavy (non-hydrogen) atoms. The molecule has 1 saturated heterocycles. The number of nitrogens with zero attached hydrogens (tertiary/aromatic N) is 5. The summed E-state index contributed by atoms with van der Waals surface area (Å²) in [6, 6.07) is 18.6. The lowest BCUT2D eigenvalue weighted by Crippen LogP contribution is -2.52. The third-order valence-corrected chi connectivity index (χ3v) is 5.21. The normalized spacial score (nSPS) is 13.5. The van der Waals surface area contributed by atoms with Gasteiger partial charge in [-0.05, 0) is 17.7 Å². The average Bonchev–Trinajstić information content (AvgIpc) is 3.32. The molecule has 0 saturated carbocycles. The van der Waals surface area contributed by atoms with Crippen LogP contribution in [0.2, 0.25) is 0 Å². The standard InChI is InChI=1S/C23H24N6O4/c30-21(27-11-13-28(14-12-27)23(32)24-19-9-5-2-6-10-19)17-33-22(31)20-16-29(26-25-20)15-18-7-3-1-4-8-18/h1-10,16H,11-15,17H2,(H,24,32). The summed E-state index contributed by atoms with van der Waals surface area (Å²) >= 11 is 0. The van der Waals surface area contributed by atoms with Crippen LogP contribution in [0.1, 0.15) is 16.1 Å². The molecule has 0 radical (unpaired) electrons. The van der Waals surface area contributed by atoms with Gasteiger partial charge >= 0.3 is 12.0 Å². The number of ether oxygens (including phenoxy) is 1. The Kier molecular flexibility index (Phi) is 6.93. The molecule has 3 aromatic rings. The highest BCUT2D eigenvalue weighted by molar-refractivity contribution is 5.90. The Morgan fingerprint density at radius 2 is 1.52 bits per heavy atom. The monoisotopic (exact) mass is 448 g/mol. The largest absolute Gasteiger partial charge is 0.451 e. The van der Waals surface area contributed by atoms with Gasteiger partial charge in [0.25, 0.3) is 5.91 Å². The molecular formula is C23H24N6O4. The number of hydrogen-bond acceptors (Lipinski definition) is 6. The molecule has 1 fully saturated rings.